The fourth-order valence-electron chi connectivity index (χ4n) is 3.82. The van der Waals surface area contributed by atoms with Crippen molar-refractivity contribution < 1.29 is 4.79 Å². The topological polar surface area (TPSA) is 73.9 Å². The third-order valence-electron chi connectivity index (χ3n) is 5.24. The second-order valence-electron chi connectivity index (χ2n) is 7.07. The second-order valence-corrected chi connectivity index (χ2v) is 7.07. The van der Waals surface area contributed by atoms with E-state index in [-0.39, 0.29) is 24.4 Å². The maximum absolute atomic E-state index is 13.3. The first-order valence-electron chi connectivity index (χ1n) is 9.62. The Hall–Kier alpha value is -2.44. The van der Waals surface area contributed by atoms with Gasteiger partial charge in [-0.25, -0.2) is 4.98 Å². The van der Waals surface area contributed by atoms with Crippen LogP contribution in [0.5, 0.6) is 0 Å². The standard InChI is InChI=1S/C21H25N5O.ClH/c27-20(13-16-14-25-21-19(16)7-4-11-24-21)26(15-17-5-1-2-10-23-17)18-6-3-9-22-12-8-18;/h1-2,4-5,7,10-11,14,18,22H,3,6,8-9,12-13,15H2,(H,24,25);1H. The number of carbonyl (C=O) groups is 1. The van der Waals surface area contributed by atoms with Gasteiger partial charge in [-0.15, -0.1) is 12.4 Å². The molecule has 2 N–H and O–H groups in total. The summed E-state index contributed by atoms with van der Waals surface area (Å²) in [7, 11) is 0. The van der Waals surface area contributed by atoms with Crippen molar-refractivity contribution >= 4 is 29.3 Å². The molecule has 1 atom stereocenters. The molecule has 0 radical (unpaired) electrons. The Morgan fingerprint density at radius 1 is 1.11 bits per heavy atom. The maximum atomic E-state index is 13.3. The van der Waals surface area contributed by atoms with Gasteiger partial charge >= 0.3 is 0 Å². The van der Waals surface area contributed by atoms with E-state index in [9.17, 15) is 4.79 Å². The van der Waals surface area contributed by atoms with Crippen LogP contribution in [0.2, 0.25) is 0 Å². The summed E-state index contributed by atoms with van der Waals surface area (Å²) in [5.74, 6) is 0.150. The van der Waals surface area contributed by atoms with Crippen LogP contribution in [0.25, 0.3) is 11.0 Å². The van der Waals surface area contributed by atoms with Crippen molar-refractivity contribution in [2.75, 3.05) is 13.1 Å². The van der Waals surface area contributed by atoms with E-state index >= 15 is 0 Å². The summed E-state index contributed by atoms with van der Waals surface area (Å²) >= 11 is 0. The average Bonchev–Trinajstić information content (AvgIpc) is 2.92. The maximum Gasteiger partial charge on any atom is 0.227 e. The van der Waals surface area contributed by atoms with Gasteiger partial charge < -0.3 is 15.2 Å². The molecule has 7 heteroatoms. The summed E-state index contributed by atoms with van der Waals surface area (Å²) in [6.07, 6.45) is 8.93. The number of H-pyrrole nitrogens is 1. The first kappa shape index (κ1) is 20.3. The number of hydrogen-bond donors (Lipinski definition) is 2. The molecule has 0 spiro atoms. The van der Waals surface area contributed by atoms with Gasteiger partial charge in [0, 0.05) is 30.0 Å². The lowest BCUT2D eigenvalue weighted by Crippen LogP contribution is -2.41. The molecule has 4 heterocycles. The number of halogens is 1. The summed E-state index contributed by atoms with van der Waals surface area (Å²) in [4.78, 5) is 27.3. The van der Waals surface area contributed by atoms with Crippen LogP contribution in [0.4, 0.5) is 0 Å². The van der Waals surface area contributed by atoms with E-state index in [1.807, 2.05) is 41.4 Å². The molecule has 1 saturated heterocycles. The number of carbonyl (C=O) groups excluding carboxylic acids is 1. The van der Waals surface area contributed by atoms with Crippen LogP contribution in [0.3, 0.4) is 0 Å². The van der Waals surface area contributed by atoms with Crippen LogP contribution >= 0.6 is 12.4 Å². The molecule has 1 aliphatic rings. The van der Waals surface area contributed by atoms with Crippen LogP contribution in [0, 0.1) is 0 Å². The van der Waals surface area contributed by atoms with Gasteiger partial charge in [-0.3, -0.25) is 9.78 Å². The predicted molar refractivity (Wildman–Crippen MR) is 112 cm³/mol. The lowest BCUT2D eigenvalue weighted by molar-refractivity contribution is -0.133. The van der Waals surface area contributed by atoms with Crippen molar-refractivity contribution in [2.45, 2.75) is 38.3 Å². The lowest BCUT2D eigenvalue weighted by Gasteiger charge is -2.31. The first-order valence-corrected chi connectivity index (χ1v) is 9.62. The van der Waals surface area contributed by atoms with Crippen molar-refractivity contribution in [1.82, 2.24) is 25.2 Å². The van der Waals surface area contributed by atoms with E-state index < -0.39 is 0 Å². The molecule has 28 heavy (non-hydrogen) atoms. The van der Waals surface area contributed by atoms with E-state index in [1.54, 1.807) is 12.4 Å². The number of rotatable bonds is 5. The smallest absolute Gasteiger partial charge is 0.227 e. The number of pyridine rings is 2. The Kier molecular flexibility index (Phi) is 7.01. The molecule has 4 rings (SSSR count). The van der Waals surface area contributed by atoms with Gasteiger partial charge in [-0.2, -0.15) is 0 Å². The van der Waals surface area contributed by atoms with Crippen LogP contribution < -0.4 is 5.32 Å². The van der Waals surface area contributed by atoms with Gasteiger partial charge in [0.25, 0.3) is 0 Å². The molecule has 3 aromatic rings. The second kappa shape index (κ2) is 9.66. The third-order valence-corrected chi connectivity index (χ3v) is 5.24. The zero-order chi connectivity index (χ0) is 18.5. The number of fused-ring (bicyclic) bond motifs is 1. The van der Waals surface area contributed by atoms with E-state index in [1.165, 1.54) is 0 Å². The molecule has 6 nitrogen and oxygen atoms in total. The minimum absolute atomic E-state index is 0. The number of nitrogens with zero attached hydrogens (tertiary/aromatic N) is 3. The molecule has 1 amide bonds. The Bertz CT molecular complexity index is 890. The summed E-state index contributed by atoms with van der Waals surface area (Å²) < 4.78 is 0. The van der Waals surface area contributed by atoms with Crippen molar-refractivity contribution in [3.05, 3.63) is 60.2 Å². The highest BCUT2D eigenvalue weighted by molar-refractivity contribution is 5.87. The van der Waals surface area contributed by atoms with Crippen LogP contribution in [0.1, 0.15) is 30.5 Å². The molecule has 1 unspecified atom stereocenters. The number of aromatic nitrogens is 3. The highest BCUT2D eigenvalue weighted by Gasteiger charge is 2.25. The van der Waals surface area contributed by atoms with Crippen LogP contribution in [-0.2, 0) is 17.8 Å². The Morgan fingerprint density at radius 3 is 2.86 bits per heavy atom. The zero-order valence-corrected chi connectivity index (χ0v) is 16.6. The molecular formula is C21H26ClN5O. The van der Waals surface area contributed by atoms with Gasteiger partial charge in [-0.1, -0.05) is 6.07 Å². The third kappa shape index (κ3) is 4.69. The molecule has 0 aromatic carbocycles. The van der Waals surface area contributed by atoms with Gasteiger partial charge in [0.15, 0.2) is 0 Å². The Morgan fingerprint density at radius 2 is 2.00 bits per heavy atom. The lowest BCUT2D eigenvalue weighted by atomic mass is 10.0. The van der Waals surface area contributed by atoms with Gasteiger partial charge in [0.2, 0.25) is 5.91 Å². The fourth-order valence-corrected chi connectivity index (χ4v) is 3.82. The normalized spacial score (nSPS) is 16.9. The van der Waals surface area contributed by atoms with E-state index in [0.29, 0.717) is 13.0 Å². The summed E-state index contributed by atoms with van der Waals surface area (Å²) in [6.45, 7) is 2.54. The van der Waals surface area contributed by atoms with Gasteiger partial charge in [0.05, 0.1) is 18.7 Å². The van der Waals surface area contributed by atoms with E-state index in [0.717, 1.165) is 54.6 Å². The molecule has 0 saturated carbocycles. The van der Waals surface area contributed by atoms with Crippen LogP contribution in [0.15, 0.2) is 48.9 Å². The van der Waals surface area contributed by atoms with Crippen LogP contribution in [-0.4, -0.2) is 44.9 Å². The highest BCUT2D eigenvalue weighted by atomic mass is 35.5. The predicted octanol–water partition coefficient (Wildman–Crippen LogP) is 3.09. The number of aromatic amines is 1. The SMILES string of the molecule is Cl.O=C(Cc1c[nH]c2ncccc12)N(Cc1ccccn1)C1CCCNCC1. The number of hydrogen-bond acceptors (Lipinski definition) is 4. The summed E-state index contributed by atoms with van der Waals surface area (Å²) in [5, 5.41) is 4.46. The Balaban J connectivity index is 0.00000225. The molecule has 148 valence electrons. The monoisotopic (exact) mass is 399 g/mol. The minimum atomic E-state index is 0. The molecule has 3 aromatic heterocycles. The van der Waals surface area contributed by atoms with Crippen molar-refractivity contribution in [2.24, 2.45) is 0 Å². The first-order chi connectivity index (χ1) is 13.3. The van der Waals surface area contributed by atoms with Crippen molar-refractivity contribution in [3.63, 3.8) is 0 Å². The molecule has 0 aliphatic carbocycles. The van der Waals surface area contributed by atoms with Gasteiger partial charge in [-0.05, 0) is 62.2 Å². The fraction of sp³-hybridized carbons (Fsp3) is 0.381. The van der Waals surface area contributed by atoms with E-state index in [4.69, 9.17) is 0 Å². The van der Waals surface area contributed by atoms with Crippen molar-refractivity contribution in [1.29, 1.82) is 0 Å². The molecular weight excluding hydrogens is 374 g/mol. The quantitative estimate of drug-likeness (QED) is 0.691. The highest BCUT2D eigenvalue weighted by Crippen LogP contribution is 2.21. The minimum Gasteiger partial charge on any atom is -0.346 e. The van der Waals surface area contributed by atoms with Gasteiger partial charge in [0.1, 0.15) is 5.65 Å². The molecule has 1 fully saturated rings. The number of amides is 1. The largest absolute Gasteiger partial charge is 0.346 e. The molecule has 0 bridgehead atoms. The van der Waals surface area contributed by atoms with Crippen molar-refractivity contribution in [3.8, 4) is 0 Å². The molecule has 1 aliphatic heterocycles. The Labute approximate surface area is 171 Å². The zero-order valence-electron chi connectivity index (χ0n) is 15.8. The summed E-state index contributed by atoms with van der Waals surface area (Å²) in [5.41, 5.74) is 2.76. The summed E-state index contributed by atoms with van der Waals surface area (Å²) in [6, 6.07) is 10.0. The number of nitrogens with one attached hydrogen (secondary N) is 2. The average molecular weight is 400 g/mol. The van der Waals surface area contributed by atoms with E-state index in [2.05, 4.69) is 20.3 Å².